The van der Waals surface area contributed by atoms with E-state index < -0.39 is 0 Å². The zero-order chi connectivity index (χ0) is 13.2. The topological polar surface area (TPSA) is 40.7 Å². The van der Waals surface area contributed by atoms with E-state index in [-0.39, 0.29) is 0 Å². The predicted octanol–water partition coefficient (Wildman–Crippen LogP) is 3.01. The summed E-state index contributed by atoms with van der Waals surface area (Å²) in [6, 6.07) is 8.52. The van der Waals surface area contributed by atoms with Crippen molar-refractivity contribution in [2.45, 2.75) is 26.3 Å². The highest BCUT2D eigenvalue weighted by molar-refractivity contribution is 7.71. The normalized spacial score (nSPS) is 14.2. The van der Waals surface area contributed by atoms with Crippen LogP contribution in [-0.4, -0.2) is 16.5 Å². The predicted molar refractivity (Wildman–Crippen MR) is 79.6 cm³/mol. The van der Waals surface area contributed by atoms with Gasteiger partial charge in [-0.2, -0.15) is 0 Å². The first-order valence-corrected chi connectivity index (χ1v) is 7.11. The Bertz CT molecular complexity index is 643. The number of aryl methyl sites for hydroxylation is 1. The maximum atomic E-state index is 5.40. The molecule has 0 spiro atoms. The van der Waals surface area contributed by atoms with Crippen molar-refractivity contribution in [2.75, 3.05) is 6.54 Å². The van der Waals surface area contributed by atoms with E-state index in [4.69, 9.17) is 12.2 Å². The van der Waals surface area contributed by atoms with Crippen molar-refractivity contribution >= 4 is 12.2 Å². The molecular formula is C15H17N3S. The molecule has 4 heteroatoms. The standard InChI is InChI=1S/C15H17N3S/c1-2-10-3-5-11(6-4-10)14-17-13-7-8-16-9-12(13)15(19)18-14/h3-6,16H,2,7-9H2,1H3,(H,17,18,19). The average Bonchev–Trinajstić information content (AvgIpc) is 2.47. The Hall–Kier alpha value is -1.52. The van der Waals surface area contributed by atoms with Gasteiger partial charge in [0, 0.05) is 36.3 Å². The van der Waals surface area contributed by atoms with Gasteiger partial charge in [0.05, 0.1) is 0 Å². The van der Waals surface area contributed by atoms with Crippen molar-refractivity contribution in [2.24, 2.45) is 0 Å². The number of nitrogens with zero attached hydrogens (tertiary/aromatic N) is 1. The maximum Gasteiger partial charge on any atom is 0.139 e. The van der Waals surface area contributed by atoms with Crippen molar-refractivity contribution in [3.8, 4) is 11.4 Å². The summed E-state index contributed by atoms with van der Waals surface area (Å²) < 4.78 is 0.718. The number of aromatic amines is 1. The lowest BCUT2D eigenvalue weighted by Gasteiger charge is -2.17. The van der Waals surface area contributed by atoms with E-state index in [2.05, 4.69) is 46.5 Å². The van der Waals surface area contributed by atoms with Crippen LogP contribution < -0.4 is 5.32 Å². The van der Waals surface area contributed by atoms with Crippen LogP contribution in [0.4, 0.5) is 0 Å². The molecule has 2 N–H and O–H groups in total. The Morgan fingerprint density at radius 1 is 1.26 bits per heavy atom. The Morgan fingerprint density at radius 3 is 2.79 bits per heavy atom. The van der Waals surface area contributed by atoms with Crippen LogP contribution in [0, 0.1) is 4.64 Å². The molecule has 0 amide bonds. The Balaban J connectivity index is 2.05. The molecule has 3 nitrogen and oxygen atoms in total. The van der Waals surface area contributed by atoms with Crippen LogP contribution in [0.25, 0.3) is 11.4 Å². The SMILES string of the molecule is CCc1ccc(-c2nc(=S)c3c([nH]2)CCNC3)cc1. The molecule has 0 saturated heterocycles. The third kappa shape index (κ3) is 2.46. The average molecular weight is 271 g/mol. The first-order valence-electron chi connectivity index (χ1n) is 6.70. The highest BCUT2D eigenvalue weighted by Gasteiger charge is 2.13. The third-order valence-corrected chi connectivity index (χ3v) is 3.93. The van der Waals surface area contributed by atoms with Crippen LogP contribution in [0.2, 0.25) is 0 Å². The molecule has 2 heterocycles. The van der Waals surface area contributed by atoms with Crippen molar-refractivity contribution in [1.82, 2.24) is 15.3 Å². The second-order valence-corrected chi connectivity index (χ2v) is 5.21. The van der Waals surface area contributed by atoms with Gasteiger partial charge in [-0.3, -0.25) is 0 Å². The van der Waals surface area contributed by atoms with Crippen LogP contribution in [0.15, 0.2) is 24.3 Å². The second kappa shape index (κ2) is 5.23. The Morgan fingerprint density at radius 2 is 2.05 bits per heavy atom. The minimum Gasteiger partial charge on any atom is -0.343 e. The first-order chi connectivity index (χ1) is 9.28. The number of benzene rings is 1. The van der Waals surface area contributed by atoms with E-state index in [0.717, 1.165) is 47.5 Å². The molecule has 3 rings (SSSR count). The van der Waals surface area contributed by atoms with Gasteiger partial charge in [0.15, 0.2) is 0 Å². The first kappa shape index (κ1) is 12.5. The van der Waals surface area contributed by atoms with Crippen LogP contribution in [0.3, 0.4) is 0 Å². The van der Waals surface area contributed by atoms with E-state index >= 15 is 0 Å². The van der Waals surface area contributed by atoms with Crippen molar-refractivity contribution in [1.29, 1.82) is 0 Å². The maximum absolute atomic E-state index is 5.40. The number of H-pyrrole nitrogens is 1. The summed E-state index contributed by atoms with van der Waals surface area (Å²) in [5, 5.41) is 3.33. The molecule has 98 valence electrons. The molecule has 0 bridgehead atoms. The summed E-state index contributed by atoms with van der Waals surface area (Å²) in [6.45, 7) is 3.98. The molecule has 0 unspecified atom stereocenters. The minimum atomic E-state index is 0.718. The van der Waals surface area contributed by atoms with Gasteiger partial charge in [-0.1, -0.05) is 43.4 Å². The van der Waals surface area contributed by atoms with Crippen LogP contribution in [0.5, 0.6) is 0 Å². The molecule has 1 aliphatic heterocycles. The summed E-state index contributed by atoms with van der Waals surface area (Å²) in [5.41, 5.74) is 4.82. The molecule has 0 atom stereocenters. The fraction of sp³-hybridized carbons (Fsp3) is 0.333. The smallest absolute Gasteiger partial charge is 0.139 e. The van der Waals surface area contributed by atoms with Crippen molar-refractivity contribution in [3.63, 3.8) is 0 Å². The van der Waals surface area contributed by atoms with Gasteiger partial charge >= 0.3 is 0 Å². The van der Waals surface area contributed by atoms with Gasteiger partial charge in [-0.05, 0) is 12.0 Å². The molecule has 0 radical (unpaired) electrons. The van der Waals surface area contributed by atoms with Gasteiger partial charge in [0.25, 0.3) is 0 Å². The Labute approximate surface area is 118 Å². The third-order valence-electron chi connectivity index (χ3n) is 3.59. The van der Waals surface area contributed by atoms with E-state index in [0.29, 0.717) is 0 Å². The Kier molecular flexibility index (Phi) is 3.44. The molecule has 0 aliphatic carbocycles. The van der Waals surface area contributed by atoms with Gasteiger partial charge < -0.3 is 10.3 Å². The van der Waals surface area contributed by atoms with Crippen LogP contribution >= 0.6 is 12.2 Å². The van der Waals surface area contributed by atoms with Gasteiger partial charge in [0.1, 0.15) is 10.5 Å². The minimum absolute atomic E-state index is 0.718. The monoisotopic (exact) mass is 271 g/mol. The van der Waals surface area contributed by atoms with Gasteiger partial charge in [0.2, 0.25) is 0 Å². The van der Waals surface area contributed by atoms with Crippen LogP contribution in [-0.2, 0) is 19.4 Å². The van der Waals surface area contributed by atoms with E-state index in [1.807, 2.05) is 0 Å². The summed E-state index contributed by atoms with van der Waals surface area (Å²) in [7, 11) is 0. The number of fused-ring (bicyclic) bond motifs is 1. The lowest BCUT2D eigenvalue weighted by atomic mass is 10.1. The zero-order valence-corrected chi connectivity index (χ0v) is 11.8. The zero-order valence-electron chi connectivity index (χ0n) is 11.0. The highest BCUT2D eigenvalue weighted by Crippen LogP contribution is 2.20. The molecule has 0 fully saturated rings. The number of aromatic nitrogens is 2. The largest absolute Gasteiger partial charge is 0.343 e. The number of hydrogen-bond donors (Lipinski definition) is 2. The fourth-order valence-electron chi connectivity index (χ4n) is 2.40. The summed E-state index contributed by atoms with van der Waals surface area (Å²) in [4.78, 5) is 7.97. The summed E-state index contributed by atoms with van der Waals surface area (Å²) in [6.07, 6.45) is 2.04. The van der Waals surface area contributed by atoms with Crippen molar-refractivity contribution in [3.05, 3.63) is 45.7 Å². The lowest BCUT2D eigenvalue weighted by molar-refractivity contribution is 0.624. The number of rotatable bonds is 2. The van der Waals surface area contributed by atoms with Gasteiger partial charge in [-0.25, -0.2) is 4.98 Å². The van der Waals surface area contributed by atoms with Gasteiger partial charge in [-0.15, -0.1) is 0 Å². The molecule has 1 aromatic carbocycles. The molecule has 0 saturated carbocycles. The van der Waals surface area contributed by atoms with E-state index in [1.54, 1.807) is 0 Å². The molecule has 1 aromatic heterocycles. The lowest BCUT2D eigenvalue weighted by Crippen LogP contribution is -2.25. The van der Waals surface area contributed by atoms with E-state index in [1.165, 1.54) is 11.3 Å². The highest BCUT2D eigenvalue weighted by atomic mass is 32.1. The second-order valence-electron chi connectivity index (χ2n) is 4.82. The molecule has 19 heavy (non-hydrogen) atoms. The quantitative estimate of drug-likeness (QED) is 0.825. The number of hydrogen-bond acceptors (Lipinski definition) is 3. The molecule has 1 aliphatic rings. The fourth-order valence-corrected chi connectivity index (χ4v) is 2.69. The molecule has 2 aromatic rings. The number of nitrogens with one attached hydrogen (secondary N) is 2. The summed E-state index contributed by atoms with van der Waals surface area (Å²) >= 11 is 5.40. The summed E-state index contributed by atoms with van der Waals surface area (Å²) in [5.74, 6) is 0.883. The van der Waals surface area contributed by atoms with Crippen molar-refractivity contribution < 1.29 is 0 Å². The molecular weight excluding hydrogens is 254 g/mol. The van der Waals surface area contributed by atoms with E-state index in [9.17, 15) is 0 Å². The van der Waals surface area contributed by atoms with Crippen LogP contribution in [0.1, 0.15) is 23.7 Å².